The SMILES string of the molecule is CCS(=O)CC[N+]1([O-])N=C(c2cccc(Cl)c2Cl)C(=O)c2cccc(OC)c21. The average molecular weight is 441 g/mol. The molecule has 0 radical (unpaired) electrons. The molecule has 0 N–H and O–H groups in total. The van der Waals surface area contributed by atoms with Crippen molar-refractivity contribution >= 4 is 51.2 Å². The molecule has 0 saturated carbocycles. The van der Waals surface area contributed by atoms with Crippen LogP contribution in [0, 0.1) is 5.21 Å². The monoisotopic (exact) mass is 440 g/mol. The Morgan fingerprint density at radius 3 is 2.54 bits per heavy atom. The molecular formula is C19H18Cl2N2O4S. The summed E-state index contributed by atoms with van der Waals surface area (Å²) in [5, 5.41) is 18.4. The van der Waals surface area contributed by atoms with Crippen LogP contribution < -0.4 is 9.49 Å². The largest absolute Gasteiger partial charge is 0.599 e. The number of ketones is 1. The lowest BCUT2D eigenvalue weighted by Crippen LogP contribution is -2.47. The molecule has 0 aliphatic carbocycles. The first-order valence-corrected chi connectivity index (χ1v) is 10.8. The van der Waals surface area contributed by atoms with Gasteiger partial charge in [-0.25, -0.2) is 0 Å². The molecular weight excluding hydrogens is 423 g/mol. The van der Waals surface area contributed by atoms with Gasteiger partial charge >= 0.3 is 0 Å². The molecule has 6 nitrogen and oxygen atoms in total. The van der Waals surface area contributed by atoms with Gasteiger partial charge in [0.05, 0.1) is 28.5 Å². The van der Waals surface area contributed by atoms with Gasteiger partial charge < -0.3 is 9.94 Å². The average Bonchev–Trinajstić information content (AvgIpc) is 2.70. The van der Waals surface area contributed by atoms with Crippen LogP contribution in [0.1, 0.15) is 22.8 Å². The normalized spacial score (nSPS) is 19.8. The number of carbonyl (C=O) groups is 1. The van der Waals surface area contributed by atoms with Crippen molar-refractivity contribution in [2.45, 2.75) is 6.92 Å². The summed E-state index contributed by atoms with van der Waals surface area (Å²) >= 11 is 12.4. The Labute approximate surface area is 175 Å². The highest BCUT2D eigenvalue weighted by Gasteiger charge is 2.40. The van der Waals surface area contributed by atoms with Gasteiger partial charge in [-0.05, 0) is 18.2 Å². The van der Waals surface area contributed by atoms with Crippen LogP contribution in [-0.4, -0.2) is 40.9 Å². The molecule has 0 spiro atoms. The van der Waals surface area contributed by atoms with Gasteiger partial charge in [0.2, 0.25) is 11.5 Å². The van der Waals surface area contributed by atoms with Crippen LogP contribution in [-0.2, 0) is 10.8 Å². The van der Waals surface area contributed by atoms with Crippen LogP contribution in [0.15, 0.2) is 41.5 Å². The number of fused-ring (bicyclic) bond motifs is 1. The zero-order valence-electron chi connectivity index (χ0n) is 15.3. The second kappa shape index (κ2) is 8.31. The van der Waals surface area contributed by atoms with E-state index in [-0.39, 0.29) is 50.6 Å². The molecule has 2 aromatic carbocycles. The van der Waals surface area contributed by atoms with Crippen LogP contribution in [0.4, 0.5) is 5.69 Å². The van der Waals surface area contributed by atoms with E-state index in [9.17, 15) is 14.2 Å². The summed E-state index contributed by atoms with van der Waals surface area (Å²) in [6.45, 7) is 1.67. The highest BCUT2D eigenvalue weighted by atomic mass is 35.5. The Morgan fingerprint density at radius 1 is 1.18 bits per heavy atom. The lowest BCUT2D eigenvalue weighted by Gasteiger charge is -2.39. The minimum Gasteiger partial charge on any atom is -0.599 e. The maximum atomic E-state index is 13.8. The Balaban J connectivity index is 2.22. The molecule has 148 valence electrons. The van der Waals surface area contributed by atoms with Gasteiger partial charge in [-0.2, -0.15) is 4.76 Å². The zero-order valence-corrected chi connectivity index (χ0v) is 17.6. The van der Waals surface area contributed by atoms with Gasteiger partial charge in [-0.1, -0.05) is 53.4 Å². The highest BCUT2D eigenvalue weighted by Crippen LogP contribution is 2.41. The lowest BCUT2D eigenvalue weighted by molar-refractivity contribution is 0.105. The molecule has 1 aliphatic rings. The molecule has 2 aromatic rings. The van der Waals surface area contributed by atoms with Crippen molar-refractivity contribution < 1.29 is 13.7 Å². The van der Waals surface area contributed by atoms with Crippen molar-refractivity contribution in [3.8, 4) is 5.75 Å². The third kappa shape index (κ3) is 3.73. The van der Waals surface area contributed by atoms with Crippen LogP contribution in [0.2, 0.25) is 10.0 Å². The number of methoxy groups -OCH3 is 1. The van der Waals surface area contributed by atoms with Crippen LogP contribution >= 0.6 is 23.2 Å². The fourth-order valence-corrected chi connectivity index (χ4v) is 4.14. The van der Waals surface area contributed by atoms with Crippen LogP contribution in [0.25, 0.3) is 0 Å². The van der Waals surface area contributed by atoms with Crippen molar-refractivity contribution in [1.29, 1.82) is 0 Å². The number of carbonyl (C=O) groups excluding carboxylic acids is 1. The third-order valence-corrected chi connectivity index (χ3v) is 6.54. The van der Waals surface area contributed by atoms with Gasteiger partial charge in [0.25, 0.3) is 0 Å². The van der Waals surface area contributed by atoms with E-state index in [1.165, 1.54) is 7.11 Å². The molecule has 2 atom stereocenters. The quantitative estimate of drug-likeness (QED) is 0.498. The number of ether oxygens (including phenoxy) is 1. The van der Waals surface area contributed by atoms with E-state index in [1.807, 2.05) is 0 Å². The number of quaternary nitrogens is 1. The Bertz CT molecular complexity index is 996. The van der Waals surface area contributed by atoms with Crippen molar-refractivity contribution in [1.82, 2.24) is 4.76 Å². The number of nitrogens with zero attached hydrogens (tertiary/aromatic N) is 2. The third-order valence-electron chi connectivity index (χ3n) is 4.44. The summed E-state index contributed by atoms with van der Waals surface area (Å²) in [6, 6.07) is 9.58. The Morgan fingerprint density at radius 2 is 1.86 bits per heavy atom. The molecule has 1 aliphatic heterocycles. The predicted octanol–water partition coefficient (Wildman–Crippen LogP) is 4.18. The number of hydroxylamine groups is 1. The molecule has 0 bridgehead atoms. The van der Waals surface area contributed by atoms with Gasteiger partial charge in [-0.3, -0.25) is 9.00 Å². The minimum absolute atomic E-state index is 0.0782. The van der Waals surface area contributed by atoms with E-state index >= 15 is 0 Å². The van der Waals surface area contributed by atoms with E-state index in [2.05, 4.69) is 5.10 Å². The number of hydrogen-bond donors (Lipinski definition) is 0. The van der Waals surface area contributed by atoms with Crippen molar-refractivity contribution in [3.05, 3.63) is 62.8 Å². The summed E-state index contributed by atoms with van der Waals surface area (Å²) in [6.07, 6.45) is 0. The van der Waals surface area contributed by atoms with E-state index in [0.717, 1.165) is 0 Å². The second-order valence-corrected chi connectivity index (χ2v) is 8.74. The molecule has 0 aromatic heterocycles. The molecule has 28 heavy (non-hydrogen) atoms. The number of para-hydroxylation sites is 1. The first kappa shape index (κ1) is 21.0. The maximum Gasteiger partial charge on any atom is 0.223 e. The van der Waals surface area contributed by atoms with Crippen molar-refractivity contribution in [3.63, 3.8) is 0 Å². The van der Waals surface area contributed by atoms with E-state index < -0.39 is 21.3 Å². The molecule has 3 rings (SSSR count). The van der Waals surface area contributed by atoms with E-state index in [1.54, 1.807) is 43.3 Å². The Hall–Kier alpha value is -1.77. The van der Waals surface area contributed by atoms with Crippen LogP contribution in [0.5, 0.6) is 5.75 Å². The first-order chi connectivity index (χ1) is 13.3. The standard InChI is InChI=1S/C19H18Cl2N2O4S/c1-3-28(26)11-10-23(25)18-13(7-5-9-15(18)27-2)19(24)17(22-23)12-6-4-8-14(20)16(12)21/h4-9H,3,10-11H2,1-2H3. The van der Waals surface area contributed by atoms with Crippen molar-refractivity contribution in [2.24, 2.45) is 5.10 Å². The van der Waals surface area contributed by atoms with Crippen LogP contribution in [0.3, 0.4) is 0 Å². The number of benzene rings is 2. The fourth-order valence-electron chi connectivity index (χ4n) is 3.01. The lowest BCUT2D eigenvalue weighted by atomic mass is 9.97. The number of rotatable bonds is 6. The zero-order chi connectivity index (χ0) is 20.5. The predicted molar refractivity (Wildman–Crippen MR) is 114 cm³/mol. The fraction of sp³-hybridized carbons (Fsp3) is 0.263. The van der Waals surface area contributed by atoms with Gasteiger partial charge in [-0.15, -0.1) is 0 Å². The smallest absolute Gasteiger partial charge is 0.223 e. The highest BCUT2D eigenvalue weighted by molar-refractivity contribution is 7.84. The van der Waals surface area contributed by atoms with Gasteiger partial charge in [0.15, 0.2) is 11.5 Å². The second-order valence-electron chi connectivity index (χ2n) is 6.09. The molecule has 2 unspecified atom stereocenters. The maximum absolute atomic E-state index is 13.8. The molecule has 0 amide bonds. The molecule has 0 saturated heterocycles. The molecule has 9 heteroatoms. The topological polar surface area (TPSA) is 78.8 Å². The summed E-state index contributed by atoms with van der Waals surface area (Å²) in [5.74, 6) is 0.363. The first-order valence-electron chi connectivity index (χ1n) is 8.53. The number of Topliss-reactive ketones (excluding diaryl/α,β-unsaturated/α-hetero) is 1. The Kier molecular flexibility index (Phi) is 6.21. The van der Waals surface area contributed by atoms with Crippen molar-refractivity contribution in [2.75, 3.05) is 25.2 Å². The molecule has 0 fully saturated rings. The summed E-state index contributed by atoms with van der Waals surface area (Å²) < 4.78 is 16.1. The minimum atomic E-state index is -1.21. The van der Waals surface area contributed by atoms with E-state index in [0.29, 0.717) is 5.75 Å². The summed E-state index contributed by atoms with van der Waals surface area (Å²) in [4.78, 5) is 13.1. The van der Waals surface area contributed by atoms with Gasteiger partial charge in [0, 0.05) is 22.1 Å². The summed E-state index contributed by atoms with van der Waals surface area (Å²) in [5.41, 5.74) is 0.482. The van der Waals surface area contributed by atoms with E-state index in [4.69, 9.17) is 27.9 Å². The summed E-state index contributed by atoms with van der Waals surface area (Å²) in [7, 11) is 0.248. The molecule has 1 heterocycles. The number of hydrogen-bond acceptors (Lipinski definition) is 5. The van der Waals surface area contributed by atoms with Gasteiger partial charge in [0.1, 0.15) is 6.54 Å². The number of halogens is 2.